The van der Waals surface area contributed by atoms with Crippen molar-refractivity contribution in [2.45, 2.75) is 19.1 Å². The van der Waals surface area contributed by atoms with Crippen LogP contribution in [0.2, 0.25) is 0 Å². The average Bonchev–Trinajstić information content (AvgIpc) is 3.14. The van der Waals surface area contributed by atoms with Crippen LogP contribution in [0.3, 0.4) is 0 Å². The third-order valence-corrected chi connectivity index (χ3v) is 5.63. The van der Waals surface area contributed by atoms with Gasteiger partial charge >= 0.3 is 0 Å². The summed E-state index contributed by atoms with van der Waals surface area (Å²) in [7, 11) is 7.16. The number of nitrogens with zero attached hydrogens (tertiary/aromatic N) is 2. The minimum atomic E-state index is -0.259. The normalized spacial score (nSPS) is 18.5. The third kappa shape index (κ3) is 5.19. The molecule has 1 aliphatic rings. The zero-order chi connectivity index (χ0) is 21.7. The molecule has 0 spiro atoms. The zero-order valence-corrected chi connectivity index (χ0v) is 18.9. The van der Waals surface area contributed by atoms with Gasteiger partial charge in [0, 0.05) is 31.0 Å². The van der Waals surface area contributed by atoms with Crippen LogP contribution in [0, 0.1) is 6.92 Å². The lowest BCUT2D eigenvalue weighted by atomic mass is 10.1. The van der Waals surface area contributed by atoms with Crippen molar-refractivity contribution in [3.8, 4) is 11.5 Å². The van der Waals surface area contributed by atoms with Crippen molar-refractivity contribution in [2.75, 3.05) is 46.1 Å². The second-order valence-electron chi connectivity index (χ2n) is 7.33. The molecule has 2 aromatic carbocycles. The van der Waals surface area contributed by atoms with Gasteiger partial charge < -0.3 is 23.8 Å². The van der Waals surface area contributed by atoms with E-state index in [-0.39, 0.29) is 18.1 Å². The number of anilines is 1. The molecule has 1 fully saturated rings. The van der Waals surface area contributed by atoms with Crippen LogP contribution in [0.5, 0.6) is 11.5 Å². The molecule has 1 saturated heterocycles. The molecule has 0 aliphatic carbocycles. The average molecular weight is 432 g/mol. The highest BCUT2D eigenvalue weighted by molar-refractivity contribution is 7.98. The Bertz CT molecular complexity index is 877. The van der Waals surface area contributed by atoms with Crippen LogP contribution in [-0.2, 0) is 4.74 Å². The third-order valence-electron chi connectivity index (χ3n) is 4.94. The Morgan fingerprint density at radius 1 is 1.13 bits per heavy atom. The second-order valence-corrected chi connectivity index (χ2v) is 8.44. The Kier molecular flexibility index (Phi) is 7.47. The number of likely N-dealkylation sites (tertiary alicyclic amines) is 1. The molecule has 3 rings (SSSR count). The summed E-state index contributed by atoms with van der Waals surface area (Å²) in [5, 5.41) is 0. The zero-order valence-electron chi connectivity index (χ0n) is 18.0. The molecule has 0 aromatic heterocycles. The number of ether oxygens (including phenoxy) is 3. The van der Waals surface area contributed by atoms with Gasteiger partial charge in [-0.25, -0.2) is 4.31 Å². The smallest absolute Gasteiger partial charge is 0.258 e. The van der Waals surface area contributed by atoms with E-state index in [1.54, 1.807) is 19.1 Å². The maximum absolute atomic E-state index is 13.2. The van der Waals surface area contributed by atoms with E-state index in [0.29, 0.717) is 24.4 Å². The van der Waals surface area contributed by atoms with Gasteiger partial charge in [-0.1, -0.05) is 18.2 Å². The topological polar surface area (TPSA) is 63.3 Å². The molecule has 1 aliphatic heterocycles. The second kappa shape index (κ2) is 10.1. The van der Waals surface area contributed by atoms with Gasteiger partial charge in [0.2, 0.25) is 0 Å². The van der Waals surface area contributed by atoms with Crippen molar-refractivity contribution in [2.24, 2.45) is 0 Å². The number of carbonyl (C=O) groups excluding carboxylic acids is 1. The number of carbonyl (C=O) groups is 1. The molecular formula is C22H29N3O4S. The van der Waals surface area contributed by atoms with E-state index in [4.69, 9.17) is 14.2 Å². The van der Waals surface area contributed by atoms with E-state index < -0.39 is 0 Å². The Labute approximate surface area is 182 Å². The highest BCUT2D eigenvalue weighted by Crippen LogP contribution is 2.28. The molecule has 1 amide bonds. The molecule has 162 valence electrons. The SMILES string of the molecule is COc1cccc(C)c1C(=O)N1CC(OC)[C@H](Oc2cccc(NSN(C)C)c2)C1. The highest BCUT2D eigenvalue weighted by Gasteiger charge is 2.38. The van der Waals surface area contributed by atoms with Crippen LogP contribution in [0.4, 0.5) is 5.69 Å². The minimum Gasteiger partial charge on any atom is -0.496 e. The Balaban J connectivity index is 1.73. The first kappa shape index (κ1) is 22.3. The van der Waals surface area contributed by atoms with Crippen LogP contribution in [0.15, 0.2) is 42.5 Å². The number of nitrogens with one attached hydrogen (secondary N) is 1. The van der Waals surface area contributed by atoms with Gasteiger partial charge in [0.25, 0.3) is 5.91 Å². The summed E-state index contributed by atoms with van der Waals surface area (Å²) in [6, 6.07) is 13.4. The summed E-state index contributed by atoms with van der Waals surface area (Å²) in [5.74, 6) is 1.24. The monoisotopic (exact) mass is 431 g/mol. The molecule has 1 unspecified atom stereocenters. The van der Waals surface area contributed by atoms with Crippen molar-refractivity contribution in [3.63, 3.8) is 0 Å². The summed E-state index contributed by atoms with van der Waals surface area (Å²) in [5.41, 5.74) is 2.41. The number of rotatable bonds is 8. The molecule has 7 nitrogen and oxygen atoms in total. The summed E-state index contributed by atoms with van der Waals surface area (Å²) in [4.78, 5) is 15.0. The van der Waals surface area contributed by atoms with Gasteiger partial charge in [0.1, 0.15) is 23.7 Å². The summed E-state index contributed by atoms with van der Waals surface area (Å²) >= 11 is 1.49. The highest BCUT2D eigenvalue weighted by atomic mass is 32.2. The van der Waals surface area contributed by atoms with Crippen LogP contribution in [0.25, 0.3) is 0 Å². The lowest BCUT2D eigenvalue weighted by Crippen LogP contribution is -2.32. The molecule has 2 atom stereocenters. The Hall–Kier alpha value is -2.42. The number of methoxy groups -OCH3 is 2. The lowest BCUT2D eigenvalue weighted by molar-refractivity contribution is 0.0340. The van der Waals surface area contributed by atoms with Gasteiger partial charge in [-0.3, -0.25) is 4.79 Å². The molecule has 0 saturated carbocycles. The van der Waals surface area contributed by atoms with Gasteiger partial charge in [-0.2, -0.15) is 0 Å². The van der Waals surface area contributed by atoms with Crippen LogP contribution < -0.4 is 14.2 Å². The van der Waals surface area contributed by atoms with E-state index in [9.17, 15) is 4.79 Å². The summed E-state index contributed by atoms with van der Waals surface area (Å²) in [6.07, 6.45) is -0.470. The molecule has 8 heteroatoms. The fraction of sp³-hybridized carbons (Fsp3) is 0.409. The van der Waals surface area contributed by atoms with Gasteiger partial charge in [-0.15, -0.1) is 0 Å². The Morgan fingerprint density at radius 3 is 2.57 bits per heavy atom. The maximum atomic E-state index is 13.2. The van der Waals surface area contributed by atoms with E-state index in [1.165, 1.54) is 12.1 Å². The van der Waals surface area contributed by atoms with Gasteiger partial charge in [-0.05, 0) is 44.8 Å². The number of aryl methyl sites for hydroxylation is 1. The summed E-state index contributed by atoms with van der Waals surface area (Å²) < 4.78 is 22.5. The van der Waals surface area contributed by atoms with Gasteiger partial charge in [0.15, 0.2) is 0 Å². The molecule has 1 heterocycles. The predicted molar refractivity (Wildman–Crippen MR) is 120 cm³/mol. The van der Waals surface area contributed by atoms with Crippen molar-refractivity contribution in [1.82, 2.24) is 9.21 Å². The first-order valence-electron chi connectivity index (χ1n) is 9.75. The number of hydrogen-bond acceptors (Lipinski definition) is 7. The minimum absolute atomic E-state index is 0.0732. The molecule has 30 heavy (non-hydrogen) atoms. The van der Waals surface area contributed by atoms with Crippen LogP contribution in [0.1, 0.15) is 15.9 Å². The van der Waals surface area contributed by atoms with E-state index in [1.807, 2.05) is 67.8 Å². The number of hydrogen-bond donors (Lipinski definition) is 1. The molecular weight excluding hydrogens is 402 g/mol. The largest absolute Gasteiger partial charge is 0.496 e. The predicted octanol–water partition coefficient (Wildman–Crippen LogP) is 3.46. The molecule has 1 N–H and O–H groups in total. The van der Waals surface area contributed by atoms with Crippen molar-refractivity contribution in [3.05, 3.63) is 53.6 Å². The first-order chi connectivity index (χ1) is 14.4. The van der Waals surface area contributed by atoms with E-state index in [0.717, 1.165) is 17.0 Å². The van der Waals surface area contributed by atoms with E-state index >= 15 is 0 Å². The fourth-order valence-corrected chi connectivity index (χ4v) is 3.86. The number of benzene rings is 2. The Morgan fingerprint density at radius 2 is 1.87 bits per heavy atom. The quantitative estimate of drug-likeness (QED) is 0.642. The molecule has 0 radical (unpaired) electrons. The number of amides is 1. The van der Waals surface area contributed by atoms with Crippen LogP contribution >= 0.6 is 12.1 Å². The van der Waals surface area contributed by atoms with Crippen LogP contribution in [-0.4, -0.2) is 68.7 Å². The lowest BCUT2D eigenvalue weighted by Gasteiger charge is -2.20. The first-order valence-corrected chi connectivity index (χ1v) is 10.5. The maximum Gasteiger partial charge on any atom is 0.258 e. The van der Waals surface area contributed by atoms with Crippen molar-refractivity contribution in [1.29, 1.82) is 0 Å². The molecule has 2 aromatic rings. The van der Waals surface area contributed by atoms with Crippen molar-refractivity contribution < 1.29 is 19.0 Å². The fourth-order valence-electron chi connectivity index (χ4n) is 3.44. The van der Waals surface area contributed by atoms with Gasteiger partial charge in [0.05, 0.1) is 25.8 Å². The molecule has 0 bridgehead atoms. The van der Waals surface area contributed by atoms with Crippen molar-refractivity contribution >= 4 is 23.7 Å². The van der Waals surface area contributed by atoms with E-state index in [2.05, 4.69) is 4.72 Å². The standard InChI is InChI=1S/C22H29N3O4S/c1-15-8-6-11-18(27-4)21(15)22(26)25-13-19(28-5)20(14-25)29-17-10-7-9-16(12-17)23-30-24(2)3/h6-12,19-20,23H,13-14H2,1-5H3/t19?,20-/m1/s1. The summed E-state index contributed by atoms with van der Waals surface area (Å²) in [6.45, 7) is 2.82.